The molecule has 0 atom stereocenters. The minimum Gasteiger partial charge on any atom is -0.484 e. The standard InChI is InChI=1S/C15H21NO3/c1-11-3-4-14(12(2)9-11)19-10-15(17)16-13-5-7-18-8-6-13/h3-4,9,13H,5-8,10H2,1-2H3,(H,16,17). The maximum Gasteiger partial charge on any atom is 0.258 e. The van der Waals surface area contributed by atoms with Crippen molar-refractivity contribution in [1.82, 2.24) is 5.32 Å². The fourth-order valence-corrected chi connectivity index (χ4v) is 2.22. The summed E-state index contributed by atoms with van der Waals surface area (Å²) in [5.74, 6) is 0.708. The first-order valence-electron chi connectivity index (χ1n) is 6.72. The van der Waals surface area contributed by atoms with Crippen LogP contribution in [-0.4, -0.2) is 31.8 Å². The summed E-state index contributed by atoms with van der Waals surface area (Å²) >= 11 is 0. The number of carbonyl (C=O) groups is 1. The number of hydrogen-bond acceptors (Lipinski definition) is 3. The van der Waals surface area contributed by atoms with Crippen LogP contribution in [0.15, 0.2) is 18.2 Å². The van der Waals surface area contributed by atoms with Crippen molar-refractivity contribution in [2.75, 3.05) is 19.8 Å². The molecule has 1 aromatic rings. The van der Waals surface area contributed by atoms with Crippen molar-refractivity contribution in [2.45, 2.75) is 32.7 Å². The molecule has 1 aliphatic rings. The predicted octanol–water partition coefficient (Wildman–Crippen LogP) is 1.98. The van der Waals surface area contributed by atoms with Crippen molar-refractivity contribution in [1.29, 1.82) is 0 Å². The molecule has 104 valence electrons. The SMILES string of the molecule is Cc1ccc(OCC(=O)NC2CCOCC2)c(C)c1. The zero-order valence-corrected chi connectivity index (χ0v) is 11.6. The highest BCUT2D eigenvalue weighted by molar-refractivity contribution is 5.77. The number of benzene rings is 1. The maximum atomic E-state index is 11.8. The van der Waals surface area contributed by atoms with Gasteiger partial charge in [0, 0.05) is 19.3 Å². The number of ether oxygens (including phenoxy) is 2. The molecule has 0 spiro atoms. The second kappa shape index (κ2) is 6.57. The topological polar surface area (TPSA) is 47.6 Å². The molecule has 0 radical (unpaired) electrons. The van der Waals surface area contributed by atoms with Gasteiger partial charge in [0.15, 0.2) is 6.61 Å². The summed E-state index contributed by atoms with van der Waals surface area (Å²) < 4.78 is 10.8. The van der Waals surface area contributed by atoms with Gasteiger partial charge >= 0.3 is 0 Å². The maximum absolute atomic E-state index is 11.8. The Balaban J connectivity index is 1.79. The molecule has 0 unspecified atom stereocenters. The van der Waals surface area contributed by atoms with Crippen LogP contribution in [0.4, 0.5) is 0 Å². The van der Waals surface area contributed by atoms with Crippen LogP contribution in [0.5, 0.6) is 5.75 Å². The molecule has 1 aromatic carbocycles. The van der Waals surface area contributed by atoms with Crippen LogP contribution >= 0.6 is 0 Å². The van der Waals surface area contributed by atoms with Crippen LogP contribution in [-0.2, 0) is 9.53 Å². The van der Waals surface area contributed by atoms with Crippen molar-refractivity contribution < 1.29 is 14.3 Å². The van der Waals surface area contributed by atoms with E-state index in [2.05, 4.69) is 5.32 Å². The molecule has 0 aromatic heterocycles. The summed E-state index contributed by atoms with van der Waals surface area (Å²) in [6, 6.07) is 6.17. The number of nitrogens with one attached hydrogen (secondary N) is 1. The van der Waals surface area contributed by atoms with E-state index >= 15 is 0 Å². The number of hydrogen-bond donors (Lipinski definition) is 1. The third kappa shape index (κ3) is 4.24. The molecule has 19 heavy (non-hydrogen) atoms. The molecule has 4 heteroatoms. The lowest BCUT2D eigenvalue weighted by atomic mass is 10.1. The van der Waals surface area contributed by atoms with Crippen LogP contribution in [0.3, 0.4) is 0 Å². The first kappa shape index (κ1) is 13.9. The Morgan fingerprint density at radius 3 is 2.79 bits per heavy atom. The fourth-order valence-electron chi connectivity index (χ4n) is 2.22. The summed E-state index contributed by atoms with van der Waals surface area (Å²) in [7, 11) is 0. The highest BCUT2D eigenvalue weighted by atomic mass is 16.5. The van der Waals surface area contributed by atoms with Gasteiger partial charge in [-0.1, -0.05) is 17.7 Å². The molecule has 1 amide bonds. The quantitative estimate of drug-likeness (QED) is 0.903. The zero-order valence-electron chi connectivity index (χ0n) is 11.6. The van der Waals surface area contributed by atoms with E-state index in [0.29, 0.717) is 0 Å². The lowest BCUT2D eigenvalue weighted by molar-refractivity contribution is -0.124. The second-order valence-corrected chi connectivity index (χ2v) is 5.01. The Morgan fingerprint density at radius 2 is 2.11 bits per heavy atom. The van der Waals surface area contributed by atoms with Crippen molar-refractivity contribution in [3.05, 3.63) is 29.3 Å². The Morgan fingerprint density at radius 1 is 1.37 bits per heavy atom. The lowest BCUT2D eigenvalue weighted by Gasteiger charge is -2.23. The van der Waals surface area contributed by atoms with E-state index in [4.69, 9.17) is 9.47 Å². The Labute approximate surface area is 114 Å². The van der Waals surface area contributed by atoms with Gasteiger partial charge in [0.2, 0.25) is 0 Å². The Hall–Kier alpha value is -1.55. The lowest BCUT2D eigenvalue weighted by Crippen LogP contribution is -2.41. The molecule has 0 bridgehead atoms. The van der Waals surface area contributed by atoms with E-state index in [1.165, 1.54) is 5.56 Å². The van der Waals surface area contributed by atoms with E-state index in [9.17, 15) is 4.79 Å². The minimum atomic E-state index is -0.0631. The molecule has 0 aliphatic carbocycles. The third-order valence-corrected chi connectivity index (χ3v) is 3.28. The van der Waals surface area contributed by atoms with Crippen molar-refractivity contribution in [3.63, 3.8) is 0 Å². The molecule has 1 fully saturated rings. The van der Waals surface area contributed by atoms with E-state index in [1.54, 1.807) is 0 Å². The van der Waals surface area contributed by atoms with Crippen molar-refractivity contribution >= 4 is 5.91 Å². The molecular formula is C15H21NO3. The van der Waals surface area contributed by atoms with Crippen molar-refractivity contribution in [2.24, 2.45) is 0 Å². The summed E-state index contributed by atoms with van der Waals surface area (Å²) in [5, 5.41) is 2.98. The Bertz CT molecular complexity index is 439. The number of amides is 1. The largest absolute Gasteiger partial charge is 0.484 e. The van der Waals surface area contributed by atoms with Gasteiger partial charge in [-0.25, -0.2) is 0 Å². The molecule has 1 saturated heterocycles. The highest BCUT2D eigenvalue weighted by Gasteiger charge is 2.16. The van der Waals surface area contributed by atoms with E-state index in [1.807, 2.05) is 32.0 Å². The van der Waals surface area contributed by atoms with Gasteiger partial charge < -0.3 is 14.8 Å². The smallest absolute Gasteiger partial charge is 0.258 e. The average molecular weight is 263 g/mol. The second-order valence-electron chi connectivity index (χ2n) is 5.01. The molecule has 1 heterocycles. The van der Waals surface area contributed by atoms with E-state index in [0.717, 1.165) is 37.4 Å². The zero-order chi connectivity index (χ0) is 13.7. The number of rotatable bonds is 4. The van der Waals surface area contributed by atoms with E-state index in [-0.39, 0.29) is 18.6 Å². The van der Waals surface area contributed by atoms with Gasteiger partial charge in [0.1, 0.15) is 5.75 Å². The van der Waals surface area contributed by atoms with Crippen LogP contribution in [0.25, 0.3) is 0 Å². The van der Waals surface area contributed by atoms with Crippen LogP contribution in [0.1, 0.15) is 24.0 Å². The highest BCUT2D eigenvalue weighted by Crippen LogP contribution is 2.18. The molecule has 0 saturated carbocycles. The van der Waals surface area contributed by atoms with Gasteiger partial charge in [-0.3, -0.25) is 4.79 Å². The molecule has 1 aliphatic heterocycles. The monoisotopic (exact) mass is 263 g/mol. The van der Waals surface area contributed by atoms with Gasteiger partial charge in [-0.2, -0.15) is 0 Å². The van der Waals surface area contributed by atoms with Gasteiger partial charge in [-0.15, -0.1) is 0 Å². The molecule has 1 N–H and O–H groups in total. The molecular weight excluding hydrogens is 242 g/mol. The summed E-state index contributed by atoms with van der Waals surface area (Å²) in [6.07, 6.45) is 1.77. The summed E-state index contributed by atoms with van der Waals surface area (Å²) in [6.45, 7) is 5.54. The summed E-state index contributed by atoms with van der Waals surface area (Å²) in [4.78, 5) is 11.8. The van der Waals surface area contributed by atoms with Gasteiger partial charge in [-0.05, 0) is 38.3 Å². The first-order chi connectivity index (χ1) is 9.15. The molecule has 2 rings (SSSR count). The number of carbonyl (C=O) groups excluding carboxylic acids is 1. The van der Waals surface area contributed by atoms with E-state index < -0.39 is 0 Å². The van der Waals surface area contributed by atoms with Gasteiger partial charge in [0.05, 0.1) is 0 Å². The Kier molecular flexibility index (Phi) is 4.80. The third-order valence-electron chi connectivity index (χ3n) is 3.28. The van der Waals surface area contributed by atoms with Crippen LogP contribution < -0.4 is 10.1 Å². The van der Waals surface area contributed by atoms with Crippen molar-refractivity contribution in [3.8, 4) is 5.75 Å². The predicted molar refractivity (Wildman–Crippen MR) is 73.4 cm³/mol. The molecule has 4 nitrogen and oxygen atoms in total. The van der Waals surface area contributed by atoms with Crippen LogP contribution in [0, 0.1) is 13.8 Å². The first-order valence-corrected chi connectivity index (χ1v) is 6.72. The summed E-state index contributed by atoms with van der Waals surface area (Å²) in [5.41, 5.74) is 2.25. The van der Waals surface area contributed by atoms with Crippen LogP contribution in [0.2, 0.25) is 0 Å². The number of aryl methyl sites for hydroxylation is 2. The normalized spacial score (nSPS) is 16.1. The minimum absolute atomic E-state index is 0.0631. The fraction of sp³-hybridized carbons (Fsp3) is 0.533. The average Bonchev–Trinajstić information content (AvgIpc) is 2.39. The van der Waals surface area contributed by atoms with Gasteiger partial charge in [0.25, 0.3) is 5.91 Å².